The largest absolute Gasteiger partial charge is 0.387 e. The van der Waals surface area contributed by atoms with E-state index >= 15 is 0 Å². The second kappa shape index (κ2) is 5.03. The first-order chi connectivity index (χ1) is 7.66. The summed E-state index contributed by atoms with van der Waals surface area (Å²) in [5.74, 6) is -0.295. The van der Waals surface area contributed by atoms with Crippen molar-refractivity contribution in [2.45, 2.75) is 12.5 Å². The molecule has 0 aliphatic heterocycles. The molecule has 0 saturated heterocycles. The Morgan fingerprint density at radius 2 is 2.31 bits per heavy atom. The maximum Gasteiger partial charge on any atom is 0.137 e. The summed E-state index contributed by atoms with van der Waals surface area (Å²) >= 11 is 4.53. The van der Waals surface area contributed by atoms with Crippen molar-refractivity contribution in [3.05, 3.63) is 50.6 Å². The fraction of sp³-hybridized carbons (Fsp3) is 0.182. The maximum atomic E-state index is 13.0. The number of aliphatic hydroxyl groups excluding tert-OH is 1. The summed E-state index contributed by atoms with van der Waals surface area (Å²) in [6.07, 6.45) is 1.53. The summed E-state index contributed by atoms with van der Waals surface area (Å²) in [6.45, 7) is 0. The number of halogens is 2. The van der Waals surface area contributed by atoms with E-state index in [9.17, 15) is 9.50 Å². The van der Waals surface area contributed by atoms with E-state index in [2.05, 4.69) is 20.9 Å². The number of hydrogen-bond acceptors (Lipinski definition) is 3. The normalized spacial score (nSPS) is 12.7. The molecule has 0 fully saturated rings. The third kappa shape index (κ3) is 2.66. The molecule has 2 rings (SSSR count). The smallest absolute Gasteiger partial charge is 0.137 e. The van der Waals surface area contributed by atoms with Crippen molar-refractivity contribution >= 4 is 27.3 Å². The molecule has 0 bridgehead atoms. The van der Waals surface area contributed by atoms with Crippen LogP contribution in [-0.2, 0) is 6.42 Å². The highest BCUT2D eigenvalue weighted by Gasteiger charge is 2.11. The highest BCUT2D eigenvalue weighted by atomic mass is 79.9. The molecule has 0 saturated carbocycles. The Bertz CT molecular complexity index is 475. The van der Waals surface area contributed by atoms with Crippen LogP contribution in [0.4, 0.5) is 4.39 Å². The van der Waals surface area contributed by atoms with Gasteiger partial charge in [-0.05, 0) is 33.6 Å². The monoisotopic (exact) mass is 301 g/mol. The molecule has 1 N–H and O–H groups in total. The van der Waals surface area contributed by atoms with Gasteiger partial charge >= 0.3 is 0 Å². The third-order valence-electron chi connectivity index (χ3n) is 2.19. The molecule has 0 aliphatic rings. The number of rotatable bonds is 3. The molecule has 1 atom stereocenters. The van der Waals surface area contributed by atoms with Crippen molar-refractivity contribution in [2.24, 2.45) is 0 Å². The molecular weight excluding hydrogens is 293 g/mol. The van der Waals surface area contributed by atoms with E-state index in [0.29, 0.717) is 10.9 Å². The van der Waals surface area contributed by atoms with Gasteiger partial charge in [-0.15, -0.1) is 11.3 Å². The Morgan fingerprint density at radius 3 is 2.94 bits per heavy atom. The van der Waals surface area contributed by atoms with Gasteiger partial charge in [0.25, 0.3) is 0 Å². The number of aromatic nitrogens is 1. The standard InChI is InChI=1S/C11H9BrFNOS/c12-8-3-7(1-2-9(8)13)4-10(15)11-5-14-6-16-11/h1-3,5-6,10,15H,4H2. The molecule has 1 aromatic heterocycles. The molecule has 2 aromatic rings. The van der Waals surface area contributed by atoms with Crippen molar-refractivity contribution in [2.75, 3.05) is 0 Å². The molecule has 1 unspecified atom stereocenters. The Kier molecular flexibility index (Phi) is 3.68. The molecule has 5 heteroatoms. The van der Waals surface area contributed by atoms with E-state index in [-0.39, 0.29) is 5.82 Å². The van der Waals surface area contributed by atoms with E-state index in [1.54, 1.807) is 23.8 Å². The van der Waals surface area contributed by atoms with Crippen LogP contribution < -0.4 is 0 Å². The van der Waals surface area contributed by atoms with Gasteiger partial charge in [0.2, 0.25) is 0 Å². The molecule has 1 aromatic carbocycles. The molecule has 16 heavy (non-hydrogen) atoms. The summed E-state index contributed by atoms with van der Waals surface area (Å²) in [5.41, 5.74) is 2.56. The van der Waals surface area contributed by atoms with Crippen molar-refractivity contribution in [3.63, 3.8) is 0 Å². The molecule has 1 heterocycles. The lowest BCUT2D eigenvalue weighted by Crippen LogP contribution is -1.99. The Labute approximate surface area is 105 Å². The molecule has 2 nitrogen and oxygen atoms in total. The first-order valence-electron chi connectivity index (χ1n) is 4.67. The zero-order chi connectivity index (χ0) is 11.5. The zero-order valence-electron chi connectivity index (χ0n) is 8.23. The predicted octanol–water partition coefficient (Wildman–Crippen LogP) is 3.32. The van der Waals surface area contributed by atoms with Crippen molar-refractivity contribution in [1.29, 1.82) is 0 Å². The molecule has 84 valence electrons. The SMILES string of the molecule is OC(Cc1ccc(F)c(Br)c1)c1cncs1. The second-order valence-electron chi connectivity index (χ2n) is 3.37. The first-order valence-corrected chi connectivity index (χ1v) is 6.34. The average molecular weight is 302 g/mol. The highest BCUT2D eigenvalue weighted by molar-refractivity contribution is 9.10. The molecule has 0 radical (unpaired) electrons. The van der Waals surface area contributed by atoms with Gasteiger partial charge in [-0.2, -0.15) is 0 Å². The number of aliphatic hydroxyl groups is 1. The van der Waals surface area contributed by atoms with Crippen LogP contribution in [0.5, 0.6) is 0 Å². The number of thiazole rings is 1. The van der Waals surface area contributed by atoms with Gasteiger partial charge in [0.05, 0.1) is 21.0 Å². The average Bonchev–Trinajstić information content (AvgIpc) is 2.77. The van der Waals surface area contributed by atoms with Crippen LogP contribution in [0.15, 0.2) is 34.4 Å². The topological polar surface area (TPSA) is 33.1 Å². The van der Waals surface area contributed by atoms with Gasteiger partial charge in [-0.25, -0.2) is 4.39 Å². The van der Waals surface area contributed by atoms with Gasteiger partial charge < -0.3 is 5.11 Å². The summed E-state index contributed by atoms with van der Waals surface area (Å²) in [6, 6.07) is 4.74. The minimum absolute atomic E-state index is 0.295. The van der Waals surface area contributed by atoms with Gasteiger partial charge in [0.15, 0.2) is 0 Å². The van der Waals surface area contributed by atoms with E-state index < -0.39 is 6.10 Å². The molecule has 0 spiro atoms. The van der Waals surface area contributed by atoms with E-state index in [1.807, 2.05) is 0 Å². The van der Waals surface area contributed by atoms with Gasteiger partial charge in [0, 0.05) is 12.6 Å². The molecule has 0 aliphatic carbocycles. The minimum Gasteiger partial charge on any atom is -0.387 e. The lowest BCUT2D eigenvalue weighted by molar-refractivity contribution is 0.182. The fourth-order valence-electron chi connectivity index (χ4n) is 1.38. The van der Waals surface area contributed by atoms with Crippen molar-refractivity contribution < 1.29 is 9.50 Å². The van der Waals surface area contributed by atoms with Crippen LogP contribution in [0.1, 0.15) is 16.5 Å². The zero-order valence-corrected chi connectivity index (χ0v) is 10.6. The minimum atomic E-state index is -0.579. The van der Waals surface area contributed by atoms with Crippen LogP contribution in [0.2, 0.25) is 0 Å². The van der Waals surface area contributed by atoms with Crippen LogP contribution in [0, 0.1) is 5.82 Å². The highest BCUT2D eigenvalue weighted by Crippen LogP contribution is 2.24. The summed E-state index contributed by atoms with van der Waals surface area (Å²) in [7, 11) is 0. The fourth-order valence-corrected chi connectivity index (χ4v) is 2.41. The number of benzene rings is 1. The van der Waals surface area contributed by atoms with Gasteiger partial charge in [0.1, 0.15) is 5.82 Å². The quantitative estimate of drug-likeness (QED) is 0.943. The van der Waals surface area contributed by atoms with E-state index in [0.717, 1.165) is 10.4 Å². The lowest BCUT2D eigenvalue weighted by Gasteiger charge is -2.08. The van der Waals surface area contributed by atoms with Gasteiger partial charge in [-0.1, -0.05) is 6.07 Å². The van der Waals surface area contributed by atoms with Crippen LogP contribution in [0.25, 0.3) is 0 Å². The number of hydrogen-bond donors (Lipinski definition) is 1. The van der Waals surface area contributed by atoms with Crippen LogP contribution in [0.3, 0.4) is 0 Å². The molecule has 0 amide bonds. The Hall–Kier alpha value is -0.780. The van der Waals surface area contributed by atoms with E-state index in [4.69, 9.17) is 0 Å². The van der Waals surface area contributed by atoms with Crippen molar-refractivity contribution in [3.8, 4) is 0 Å². The third-order valence-corrected chi connectivity index (χ3v) is 3.68. The Balaban J connectivity index is 2.12. The predicted molar refractivity (Wildman–Crippen MR) is 64.9 cm³/mol. The summed E-state index contributed by atoms with van der Waals surface area (Å²) < 4.78 is 13.4. The van der Waals surface area contributed by atoms with E-state index in [1.165, 1.54) is 17.4 Å². The number of nitrogens with zero attached hydrogens (tertiary/aromatic N) is 1. The van der Waals surface area contributed by atoms with Crippen LogP contribution in [-0.4, -0.2) is 10.1 Å². The molecular formula is C11H9BrFNOS. The second-order valence-corrected chi connectivity index (χ2v) is 5.14. The van der Waals surface area contributed by atoms with Gasteiger partial charge in [-0.3, -0.25) is 4.98 Å². The first kappa shape index (κ1) is 11.7. The van der Waals surface area contributed by atoms with Crippen molar-refractivity contribution in [1.82, 2.24) is 4.98 Å². The summed E-state index contributed by atoms with van der Waals surface area (Å²) in [4.78, 5) is 4.73. The lowest BCUT2D eigenvalue weighted by atomic mass is 10.1. The van der Waals surface area contributed by atoms with Crippen LogP contribution >= 0.6 is 27.3 Å². The maximum absolute atomic E-state index is 13.0. The summed E-state index contributed by atoms with van der Waals surface area (Å²) in [5, 5.41) is 9.88. The Morgan fingerprint density at radius 1 is 1.50 bits per heavy atom.